The molecule has 0 aliphatic carbocycles. The summed E-state index contributed by atoms with van der Waals surface area (Å²) >= 11 is 0. The van der Waals surface area contributed by atoms with Gasteiger partial charge in [0.2, 0.25) is 0 Å². The van der Waals surface area contributed by atoms with E-state index in [-0.39, 0.29) is 11.5 Å². The second-order valence-corrected chi connectivity index (χ2v) is 4.50. The highest BCUT2D eigenvalue weighted by Crippen LogP contribution is 2.17. The van der Waals surface area contributed by atoms with Crippen LogP contribution in [0.2, 0.25) is 0 Å². The van der Waals surface area contributed by atoms with Crippen LogP contribution < -0.4 is 5.32 Å². The quantitative estimate of drug-likeness (QED) is 0.798. The SMILES string of the molecule is CCOC(=O)c1cccnc1NC(C)(C)C. The number of aromatic nitrogens is 1. The number of carbonyl (C=O) groups is 1. The molecule has 0 radical (unpaired) electrons. The summed E-state index contributed by atoms with van der Waals surface area (Å²) in [6.45, 7) is 8.18. The summed E-state index contributed by atoms with van der Waals surface area (Å²) in [6.07, 6.45) is 1.65. The average molecular weight is 222 g/mol. The van der Waals surface area contributed by atoms with Crippen molar-refractivity contribution in [3.63, 3.8) is 0 Å². The van der Waals surface area contributed by atoms with Crippen LogP contribution in [-0.2, 0) is 4.74 Å². The molecule has 1 heterocycles. The van der Waals surface area contributed by atoms with Gasteiger partial charge in [-0.2, -0.15) is 0 Å². The van der Waals surface area contributed by atoms with Crippen LogP contribution in [0, 0.1) is 0 Å². The molecule has 4 nitrogen and oxygen atoms in total. The van der Waals surface area contributed by atoms with E-state index in [1.165, 1.54) is 0 Å². The molecule has 0 fully saturated rings. The maximum Gasteiger partial charge on any atom is 0.341 e. The molecule has 0 bridgehead atoms. The van der Waals surface area contributed by atoms with Crippen molar-refractivity contribution in [2.75, 3.05) is 11.9 Å². The van der Waals surface area contributed by atoms with Gasteiger partial charge < -0.3 is 10.1 Å². The molecule has 4 heteroatoms. The predicted molar refractivity (Wildman–Crippen MR) is 63.6 cm³/mol. The van der Waals surface area contributed by atoms with E-state index in [2.05, 4.69) is 10.3 Å². The maximum absolute atomic E-state index is 11.6. The van der Waals surface area contributed by atoms with Crippen LogP contribution in [0.3, 0.4) is 0 Å². The highest BCUT2D eigenvalue weighted by Gasteiger charge is 2.17. The fourth-order valence-electron chi connectivity index (χ4n) is 1.23. The van der Waals surface area contributed by atoms with Crippen molar-refractivity contribution in [2.45, 2.75) is 33.2 Å². The van der Waals surface area contributed by atoms with E-state index in [0.29, 0.717) is 18.0 Å². The molecular formula is C12H18N2O2. The van der Waals surface area contributed by atoms with Gasteiger partial charge in [-0.1, -0.05) is 0 Å². The van der Waals surface area contributed by atoms with Crippen molar-refractivity contribution in [2.24, 2.45) is 0 Å². The van der Waals surface area contributed by atoms with Crippen LogP contribution in [0.25, 0.3) is 0 Å². The Morgan fingerprint density at radius 2 is 2.19 bits per heavy atom. The molecule has 0 aromatic carbocycles. The first-order chi connectivity index (χ1) is 7.44. The van der Waals surface area contributed by atoms with Gasteiger partial charge in [-0.05, 0) is 39.8 Å². The van der Waals surface area contributed by atoms with Crippen molar-refractivity contribution in [3.8, 4) is 0 Å². The lowest BCUT2D eigenvalue weighted by atomic mass is 10.1. The lowest BCUT2D eigenvalue weighted by molar-refractivity contribution is 0.0527. The summed E-state index contributed by atoms with van der Waals surface area (Å²) in [4.78, 5) is 15.8. The minimum atomic E-state index is -0.345. The third kappa shape index (κ3) is 3.53. The molecular weight excluding hydrogens is 204 g/mol. The van der Waals surface area contributed by atoms with Gasteiger partial charge in [0.25, 0.3) is 0 Å². The van der Waals surface area contributed by atoms with Crippen molar-refractivity contribution < 1.29 is 9.53 Å². The van der Waals surface area contributed by atoms with Crippen LogP contribution in [-0.4, -0.2) is 23.1 Å². The zero-order valence-corrected chi connectivity index (χ0v) is 10.2. The third-order valence-corrected chi connectivity index (χ3v) is 1.80. The summed E-state index contributed by atoms with van der Waals surface area (Å²) in [6, 6.07) is 3.43. The van der Waals surface area contributed by atoms with E-state index in [4.69, 9.17) is 4.74 Å². The second-order valence-electron chi connectivity index (χ2n) is 4.50. The monoisotopic (exact) mass is 222 g/mol. The highest BCUT2D eigenvalue weighted by molar-refractivity contribution is 5.94. The van der Waals surface area contributed by atoms with Crippen molar-refractivity contribution in [1.82, 2.24) is 4.98 Å². The van der Waals surface area contributed by atoms with E-state index in [1.807, 2.05) is 20.8 Å². The standard InChI is InChI=1S/C12H18N2O2/c1-5-16-11(15)9-7-6-8-13-10(9)14-12(2,3)4/h6-8H,5H2,1-4H3,(H,13,14). The Kier molecular flexibility index (Phi) is 3.88. The zero-order chi connectivity index (χ0) is 12.2. The van der Waals surface area contributed by atoms with Crippen molar-refractivity contribution >= 4 is 11.8 Å². The minimum absolute atomic E-state index is 0.143. The number of carbonyl (C=O) groups excluding carboxylic acids is 1. The van der Waals surface area contributed by atoms with Gasteiger partial charge in [0.15, 0.2) is 0 Å². The lowest BCUT2D eigenvalue weighted by Gasteiger charge is -2.22. The van der Waals surface area contributed by atoms with Gasteiger partial charge in [0.1, 0.15) is 11.4 Å². The van der Waals surface area contributed by atoms with Gasteiger partial charge in [-0.3, -0.25) is 0 Å². The molecule has 0 unspecified atom stereocenters. The topological polar surface area (TPSA) is 51.2 Å². The summed E-state index contributed by atoms with van der Waals surface area (Å²) in [5.74, 6) is 0.218. The van der Waals surface area contributed by atoms with Gasteiger partial charge in [-0.25, -0.2) is 9.78 Å². The number of rotatable bonds is 3. The number of ether oxygens (including phenoxy) is 1. The Hall–Kier alpha value is -1.58. The van der Waals surface area contributed by atoms with Gasteiger partial charge in [-0.15, -0.1) is 0 Å². The van der Waals surface area contributed by atoms with Crippen LogP contribution in [0.1, 0.15) is 38.1 Å². The molecule has 1 N–H and O–H groups in total. The predicted octanol–water partition coefficient (Wildman–Crippen LogP) is 2.47. The number of nitrogens with zero attached hydrogens (tertiary/aromatic N) is 1. The minimum Gasteiger partial charge on any atom is -0.462 e. The van der Waals surface area contributed by atoms with Crippen LogP contribution in [0.5, 0.6) is 0 Å². The molecule has 0 saturated heterocycles. The highest BCUT2D eigenvalue weighted by atomic mass is 16.5. The summed E-state index contributed by atoms with van der Waals surface area (Å²) in [5.41, 5.74) is 0.328. The molecule has 88 valence electrons. The summed E-state index contributed by atoms with van der Waals surface area (Å²) < 4.78 is 4.96. The smallest absolute Gasteiger partial charge is 0.341 e. The number of pyridine rings is 1. The van der Waals surface area contributed by atoms with Crippen LogP contribution in [0.15, 0.2) is 18.3 Å². The van der Waals surface area contributed by atoms with Crippen LogP contribution in [0.4, 0.5) is 5.82 Å². The van der Waals surface area contributed by atoms with Gasteiger partial charge in [0, 0.05) is 11.7 Å². The van der Waals surface area contributed by atoms with Gasteiger partial charge in [0.05, 0.1) is 6.61 Å². The third-order valence-electron chi connectivity index (χ3n) is 1.80. The molecule has 0 aliphatic rings. The van der Waals surface area contributed by atoms with E-state index in [1.54, 1.807) is 25.3 Å². The molecule has 16 heavy (non-hydrogen) atoms. The average Bonchev–Trinajstić information content (AvgIpc) is 2.16. The summed E-state index contributed by atoms with van der Waals surface area (Å²) in [7, 11) is 0. The van der Waals surface area contributed by atoms with Crippen LogP contribution >= 0.6 is 0 Å². The first-order valence-electron chi connectivity index (χ1n) is 5.34. The fraction of sp³-hybridized carbons (Fsp3) is 0.500. The molecule has 1 aromatic rings. The Morgan fingerprint density at radius 3 is 2.75 bits per heavy atom. The molecule has 0 spiro atoms. The zero-order valence-electron chi connectivity index (χ0n) is 10.2. The second kappa shape index (κ2) is 4.96. The number of hydrogen-bond donors (Lipinski definition) is 1. The van der Waals surface area contributed by atoms with E-state index < -0.39 is 0 Å². The molecule has 0 atom stereocenters. The maximum atomic E-state index is 11.6. The molecule has 0 saturated carbocycles. The first-order valence-corrected chi connectivity index (χ1v) is 5.34. The van der Waals surface area contributed by atoms with E-state index >= 15 is 0 Å². The van der Waals surface area contributed by atoms with Crippen molar-refractivity contribution in [3.05, 3.63) is 23.9 Å². The van der Waals surface area contributed by atoms with Gasteiger partial charge >= 0.3 is 5.97 Å². The number of nitrogens with one attached hydrogen (secondary N) is 1. The largest absolute Gasteiger partial charge is 0.462 e. The molecule has 0 amide bonds. The Labute approximate surface area is 96.0 Å². The molecule has 1 aromatic heterocycles. The number of hydrogen-bond acceptors (Lipinski definition) is 4. The Morgan fingerprint density at radius 1 is 1.50 bits per heavy atom. The molecule has 1 rings (SSSR count). The first kappa shape index (κ1) is 12.5. The number of esters is 1. The Bertz CT molecular complexity index is 370. The normalized spacial score (nSPS) is 11.0. The van der Waals surface area contributed by atoms with E-state index in [9.17, 15) is 4.79 Å². The fourth-order valence-corrected chi connectivity index (χ4v) is 1.23. The molecule has 0 aliphatic heterocycles. The van der Waals surface area contributed by atoms with Crippen molar-refractivity contribution in [1.29, 1.82) is 0 Å². The number of anilines is 1. The lowest BCUT2D eigenvalue weighted by Crippen LogP contribution is -2.28. The Balaban J connectivity index is 2.96. The summed E-state index contributed by atoms with van der Waals surface area (Å²) in [5, 5.41) is 3.18. The van der Waals surface area contributed by atoms with E-state index in [0.717, 1.165) is 0 Å².